The van der Waals surface area contributed by atoms with Crippen LogP contribution in [0.15, 0.2) is 12.1 Å². The van der Waals surface area contributed by atoms with Crippen molar-refractivity contribution in [1.29, 1.82) is 5.26 Å². The summed E-state index contributed by atoms with van der Waals surface area (Å²) < 4.78 is 27.8. The molecule has 1 unspecified atom stereocenters. The zero-order valence-corrected chi connectivity index (χ0v) is 11.1. The second-order valence-electron chi connectivity index (χ2n) is 5.00. The van der Waals surface area contributed by atoms with E-state index in [1.54, 1.807) is 6.07 Å². The van der Waals surface area contributed by atoms with Crippen molar-refractivity contribution in [3.8, 4) is 6.07 Å². The minimum Gasteiger partial charge on any atom is -0.366 e. The van der Waals surface area contributed by atoms with Crippen molar-refractivity contribution in [2.45, 2.75) is 45.1 Å². The number of rotatable bonds is 3. The summed E-state index contributed by atoms with van der Waals surface area (Å²) in [6.07, 6.45) is 5.18. The van der Waals surface area contributed by atoms with Gasteiger partial charge >= 0.3 is 0 Å². The molecule has 0 aromatic heterocycles. The minimum absolute atomic E-state index is 0.231. The SMILES string of the molecule is CCCC1CCCCN1c1ccc(C#N)c(F)c1F. The van der Waals surface area contributed by atoms with Gasteiger partial charge in [0.1, 0.15) is 6.07 Å². The molecule has 0 radical (unpaired) electrons. The van der Waals surface area contributed by atoms with Gasteiger partial charge in [-0.2, -0.15) is 5.26 Å². The Bertz CT molecular complexity index is 492. The summed E-state index contributed by atoms with van der Waals surface area (Å²) in [4.78, 5) is 1.96. The highest BCUT2D eigenvalue weighted by molar-refractivity contribution is 5.53. The van der Waals surface area contributed by atoms with E-state index in [2.05, 4.69) is 6.92 Å². The van der Waals surface area contributed by atoms with Crippen LogP contribution in [-0.2, 0) is 0 Å². The van der Waals surface area contributed by atoms with Gasteiger partial charge in [0.15, 0.2) is 11.6 Å². The molecular weight excluding hydrogens is 246 g/mol. The number of benzene rings is 1. The molecule has 0 amide bonds. The second-order valence-corrected chi connectivity index (χ2v) is 5.00. The van der Waals surface area contributed by atoms with Gasteiger partial charge in [-0.15, -0.1) is 0 Å². The van der Waals surface area contributed by atoms with E-state index in [9.17, 15) is 8.78 Å². The predicted octanol–water partition coefficient (Wildman–Crippen LogP) is 4.00. The van der Waals surface area contributed by atoms with Crippen molar-refractivity contribution in [2.75, 3.05) is 11.4 Å². The Hall–Kier alpha value is -1.63. The molecular formula is C15H18F2N2. The van der Waals surface area contributed by atoms with Crippen LogP contribution in [0.4, 0.5) is 14.5 Å². The third kappa shape index (κ3) is 2.70. The molecule has 1 heterocycles. The fourth-order valence-electron chi connectivity index (χ4n) is 2.80. The molecule has 0 aliphatic carbocycles. The first-order valence-electron chi connectivity index (χ1n) is 6.83. The van der Waals surface area contributed by atoms with E-state index in [-0.39, 0.29) is 11.6 Å². The summed E-state index contributed by atoms with van der Waals surface area (Å²) in [5.41, 5.74) is 0.0694. The summed E-state index contributed by atoms with van der Waals surface area (Å²) in [7, 11) is 0. The Labute approximate surface area is 112 Å². The molecule has 1 atom stereocenters. The lowest BCUT2D eigenvalue weighted by Gasteiger charge is -2.37. The average Bonchev–Trinajstić information content (AvgIpc) is 2.43. The molecule has 19 heavy (non-hydrogen) atoms. The number of nitrogens with zero attached hydrogens (tertiary/aromatic N) is 2. The molecule has 0 spiro atoms. The van der Waals surface area contributed by atoms with Crippen molar-refractivity contribution in [1.82, 2.24) is 0 Å². The lowest BCUT2D eigenvalue weighted by molar-refractivity contribution is 0.423. The topological polar surface area (TPSA) is 27.0 Å². The number of piperidine rings is 1. The van der Waals surface area contributed by atoms with Gasteiger partial charge in [-0.1, -0.05) is 13.3 Å². The molecule has 1 fully saturated rings. The van der Waals surface area contributed by atoms with Gasteiger partial charge in [-0.3, -0.25) is 0 Å². The highest BCUT2D eigenvalue weighted by atomic mass is 19.2. The Morgan fingerprint density at radius 2 is 2.11 bits per heavy atom. The van der Waals surface area contributed by atoms with Crippen molar-refractivity contribution in [3.63, 3.8) is 0 Å². The summed E-state index contributed by atoms with van der Waals surface area (Å²) in [6.45, 7) is 2.86. The van der Waals surface area contributed by atoms with Gasteiger partial charge in [0.25, 0.3) is 0 Å². The maximum absolute atomic E-state index is 14.1. The van der Waals surface area contributed by atoms with Gasteiger partial charge in [0.2, 0.25) is 0 Å². The first-order chi connectivity index (χ1) is 9.19. The zero-order valence-electron chi connectivity index (χ0n) is 11.1. The van der Waals surface area contributed by atoms with Crippen LogP contribution in [0, 0.1) is 23.0 Å². The van der Waals surface area contributed by atoms with E-state index >= 15 is 0 Å². The van der Waals surface area contributed by atoms with E-state index < -0.39 is 11.6 Å². The molecule has 2 rings (SSSR count). The van der Waals surface area contributed by atoms with Crippen LogP contribution in [0.5, 0.6) is 0 Å². The summed E-state index contributed by atoms with van der Waals surface area (Å²) in [5, 5.41) is 8.71. The molecule has 1 aromatic carbocycles. The normalized spacial score (nSPS) is 19.3. The third-order valence-electron chi connectivity index (χ3n) is 3.74. The zero-order chi connectivity index (χ0) is 13.8. The van der Waals surface area contributed by atoms with Crippen LogP contribution in [0.1, 0.15) is 44.6 Å². The standard InChI is InChI=1S/C15H18F2N2/c1-2-5-12-6-3-4-9-19(12)13-8-7-11(10-18)14(16)15(13)17/h7-8,12H,2-6,9H2,1H3. The molecule has 1 saturated heterocycles. The lowest BCUT2D eigenvalue weighted by atomic mass is 9.97. The smallest absolute Gasteiger partial charge is 0.183 e. The van der Waals surface area contributed by atoms with Crippen molar-refractivity contribution in [3.05, 3.63) is 29.3 Å². The first-order valence-corrected chi connectivity index (χ1v) is 6.83. The quantitative estimate of drug-likeness (QED) is 0.825. The number of hydrogen-bond donors (Lipinski definition) is 0. The van der Waals surface area contributed by atoms with Crippen molar-refractivity contribution >= 4 is 5.69 Å². The van der Waals surface area contributed by atoms with Crippen molar-refractivity contribution in [2.24, 2.45) is 0 Å². The monoisotopic (exact) mass is 264 g/mol. The Morgan fingerprint density at radius 1 is 1.32 bits per heavy atom. The second kappa shape index (κ2) is 6.01. The van der Waals surface area contributed by atoms with Crippen LogP contribution >= 0.6 is 0 Å². The highest BCUT2D eigenvalue weighted by Crippen LogP contribution is 2.31. The third-order valence-corrected chi connectivity index (χ3v) is 3.74. The average molecular weight is 264 g/mol. The van der Waals surface area contributed by atoms with E-state index in [0.717, 1.165) is 38.6 Å². The Morgan fingerprint density at radius 3 is 2.79 bits per heavy atom. The lowest BCUT2D eigenvalue weighted by Crippen LogP contribution is -2.40. The van der Waals surface area contributed by atoms with Gasteiger partial charge in [-0.25, -0.2) is 8.78 Å². The maximum atomic E-state index is 14.1. The molecule has 1 aliphatic heterocycles. The Balaban J connectivity index is 2.34. The van der Waals surface area contributed by atoms with E-state index in [4.69, 9.17) is 5.26 Å². The van der Waals surface area contributed by atoms with Crippen LogP contribution < -0.4 is 4.90 Å². The molecule has 1 aliphatic rings. The van der Waals surface area contributed by atoms with Crippen molar-refractivity contribution < 1.29 is 8.78 Å². The Kier molecular flexibility index (Phi) is 4.36. The molecule has 0 saturated carbocycles. The highest BCUT2D eigenvalue weighted by Gasteiger charge is 2.26. The van der Waals surface area contributed by atoms with E-state index in [1.807, 2.05) is 4.90 Å². The molecule has 4 heteroatoms. The largest absolute Gasteiger partial charge is 0.366 e. The van der Waals surface area contributed by atoms with E-state index in [1.165, 1.54) is 12.1 Å². The molecule has 0 bridgehead atoms. The van der Waals surface area contributed by atoms with Crippen LogP contribution in [0.3, 0.4) is 0 Å². The maximum Gasteiger partial charge on any atom is 0.183 e. The fraction of sp³-hybridized carbons (Fsp3) is 0.533. The summed E-state index contributed by atoms with van der Waals surface area (Å²) in [5.74, 6) is -1.91. The van der Waals surface area contributed by atoms with Crippen LogP contribution in [-0.4, -0.2) is 12.6 Å². The summed E-state index contributed by atoms with van der Waals surface area (Å²) in [6, 6.07) is 4.85. The van der Waals surface area contributed by atoms with Gasteiger partial charge in [0.05, 0.1) is 11.3 Å². The van der Waals surface area contributed by atoms with Gasteiger partial charge < -0.3 is 4.90 Å². The summed E-state index contributed by atoms with van der Waals surface area (Å²) >= 11 is 0. The number of halogens is 2. The fourth-order valence-corrected chi connectivity index (χ4v) is 2.80. The van der Waals surface area contributed by atoms with E-state index in [0.29, 0.717) is 5.69 Å². The predicted molar refractivity (Wildman–Crippen MR) is 71.0 cm³/mol. The van der Waals surface area contributed by atoms with Crippen LogP contribution in [0.25, 0.3) is 0 Å². The number of anilines is 1. The van der Waals surface area contributed by atoms with Gasteiger partial charge in [0, 0.05) is 12.6 Å². The minimum atomic E-state index is -1.03. The van der Waals surface area contributed by atoms with Crippen LogP contribution in [0.2, 0.25) is 0 Å². The number of nitriles is 1. The molecule has 1 aromatic rings. The van der Waals surface area contributed by atoms with Gasteiger partial charge in [-0.05, 0) is 37.8 Å². The molecule has 102 valence electrons. The number of hydrogen-bond acceptors (Lipinski definition) is 2. The molecule has 2 nitrogen and oxygen atoms in total. The molecule has 0 N–H and O–H groups in total. The first kappa shape index (κ1) is 13.8.